The van der Waals surface area contributed by atoms with Gasteiger partial charge in [-0.1, -0.05) is 0 Å². The Hall–Kier alpha value is -1.95. The number of nitrogens with zero attached hydrogens (tertiary/aromatic N) is 1. The van der Waals surface area contributed by atoms with Gasteiger partial charge in [-0.15, -0.1) is 0 Å². The van der Waals surface area contributed by atoms with E-state index in [1.54, 1.807) is 18.3 Å². The summed E-state index contributed by atoms with van der Waals surface area (Å²) >= 11 is 0. The van der Waals surface area contributed by atoms with Crippen molar-refractivity contribution < 1.29 is 9.59 Å². The normalized spacial score (nSPS) is 9.71. The number of rotatable bonds is 7. The molecule has 1 aromatic rings. The van der Waals surface area contributed by atoms with Crippen LogP contribution in [0.2, 0.25) is 0 Å². The van der Waals surface area contributed by atoms with Crippen LogP contribution in [0.25, 0.3) is 0 Å². The van der Waals surface area contributed by atoms with Crippen LogP contribution in [0.3, 0.4) is 0 Å². The van der Waals surface area contributed by atoms with Gasteiger partial charge in [0.25, 0.3) is 0 Å². The fraction of sp³-hybridized carbons (Fsp3) is 0.364. The summed E-state index contributed by atoms with van der Waals surface area (Å²) in [7, 11) is 0. The predicted molar refractivity (Wildman–Crippen MR) is 64.1 cm³/mol. The van der Waals surface area contributed by atoms with E-state index in [9.17, 15) is 9.59 Å². The van der Waals surface area contributed by atoms with E-state index in [4.69, 9.17) is 5.73 Å². The van der Waals surface area contributed by atoms with E-state index in [-0.39, 0.29) is 5.91 Å². The van der Waals surface area contributed by atoms with Crippen LogP contribution in [0.5, 0.6) is 0 Å². The molecule has 0 aliphatic rings. The Labute approximate surface area is 99.6 Å². The monoisotopic (exact) mass is 236 g/mol. The average molecular weight is 236 g/mol. The molecule has 6 heteroatoms. The second-order valence-corrected chi connectivity index (χ2v) is 3.47. The highest BCUT2D eigenvalue weighted by Crippen LogP contribution is 2.06. The lowest BCUT2D eigenvalue weighted by molar-refractivity contribution is -0.116. The van der Waals surface area contributed by atoms with Crippen LogP contribution < -0.4 is 16.4 Å². The van der Waals surface area contributed by atoms with E-state index in [0.717, 1.165) is 5.69 Å². The lowest BCUT2D eigenvalue weighted by atomic mass is 10.3. The van der Waals surface area contributed by atoms with Crippen molar-refractivity contribution in [3.05, 3.63) is 24.0 Å². The SMILES string of the molecule is NCc1ccc(NC(=O)CCCNC=O)cn1. The van der Waals surface area contributed by atoms with Crippen LogP contribution in [0.1, 0.15) is 18.5 Å². The summed E-state index contributed by atoms with van der Waals surface area (Å²) in [6, 6.07) is 3.53. The molecule has 0 unspecified atom stereocenters. The summed E-state index contributed by atoms with van der Waals surface area (Å²) in [6.45, 7) is 0.882. The number of nitrogens with two attached hydrogens (primary N) is 1. The fourth-order valence-electron chi connectivity index (χ4n) is 1.25. The van der Waals surface area contributed by atoms with Gasteiger partial charge in [0.05, 0.1) is 17.6 Å². The fourth-order valence-corrected chi connectivity index (χ4v) is 1.25. The Morgan fingerprint density at radius 1 is 1.47 bits per heavy atom. The van der Waals surface area contributed by atoms with Gasteiger partial charge in [-0.25, -0.2) is 0 Å². The zero-order valence-electron chi connectivity index (χ0n) is 9.48. The minimum absolute atomic E-state index is 0.0972. The van der Waals surface area contributed by atoms with Gasteiger partial charge >= 0.3 is 0 Å². The van der Waals surface area contributed by atoms with Crippen molar-refractivity contribution in [1.82, 2.24) is 10.3 Å². The maximum Gasteiger partial charge on any atom is 0.224 e. The van der Waals surface area contributed by atoms with Crippen molar-refractivity contribution in [2.24, 2.45) is 5.73 Å². The van der Waals surface area contributed by atoms with Crippen molar-refractivity contribution in [2.75, 3.05) is 11.9 Å². The molecule has 0 bridgehead atoms. The molecule has 17 heavy (non-hydrogen) atoms. The van der Waals surface area contributed by atoms with Gasteiger partial charge < -0.3 is 16.4 Å². The molecule has 0 aliphatic heterocycles. The number of aromatic nitrogens is 1. The summed E-state index contributed by atoms with van der Waals surface area (Å²) in [5, 5.41) is 5.21. The summed E-state index contributed by atoms with van der Waals surface area (Å²) in [5.74, 6) is -0.0972. The lowest BCUT2D eigenvalue weighted by Gasteiger charge is -2.05. The topological polar surface area (TPSA) is 97.1 Å². The van der Waals surface area contributed by atoms with Crippen LogP contribution in [0, 0.1) is 0 Å². The highest BCUT2D eigenvalue weighted by atomic mass is 16.1. The Kier molecular flexibility index (Phi) is 5.67. The molecule has 1 rings (SSSR count). The third-order valence-electron chi connectivity index (χ3n) is 2.13. The van der Waals surface area contributed by atoms with Gasteiger partial charge in [0.15, 0.2) is 0 Å². The maximum absolute atomic E-state index is 11.5. The largest absolute Gasteiger partial charge is 0.359 e. The standard InChI is InChI=1S/C11H16N4O2/c12-6-9-3-4-10(7-14-9)15-11(17)2-1-5-13-8-16/h3-4,7-8H,1-2,5-6,12H2,(H,13,16)(H,15,17). The first-order valence-corrected chi connectivity index (χ1v) is 5.38. The van der Waals surface area contributed by atoms with Gasteiger partial charge in [-0.05, 0) is 18.6 Å². The minimum atomic E-state index is -0.0972. The van der Waals surface area contributed by atoms with E-state index in [1.807, 2.05) is 0 Å². The Morgan fingerprint density at radius 3 is 2.88 bits per heavy atom. The molecule has 0 saturated heterocycles. The molecular weight excluding hydrogens is 220 g/mol. The number of hydrogen-bond acceptors (Lipinski definition) is 4. The Bertz CT molecular complexity index is 364. The summed E-state index contributed by atoms with van der Waals surface area (Å²) < 4.78 is 0. The first-order chi connectivity index (χ1) is 8.26. The average Bonchev–Trinajstić information content (AvgIpc) is 2.36. The molecule has 6 nitrogen and oxygen atoms in total. The predicted octanol–water partition coefficient (Wildman–Crippen LogP) is 0.00500. The van der Waals surface area contributed by atoms with E-state index < -0.39 is 0 Å². The van der Waals surface area contributed by atoms with Gasteiger partial charge in [0.2, 0.25) is 12.3 Å². The molecule has 0 radical (unpaired) electrons. The van der Waals surface area contributed by atoms with Gasteiger partial charge in [-0.2, -0.15) is 0 Å². The highest BCUT2D eigenvalue weighted by Gasteiger charge is 2.02. The van der Waals surface area contributed by atoms with Crippen LogP contribution in [0.4, 0.5) is 5.69 Å². The molecule has 2 amide bonds. The molecule has 0 saturated carbocycles. The van der Waals surface area contributed by atoms with Crippen molar-refractivity contribution in [2.45, 2.75) is 19.4 Å². The smallest absolute Gasteiger partial charge is 0.224 e. The number of carbonyl (C=O) groups is 2. The third kappa shape index (κ3) is 5.07. The van der Waals surface area contributed by atoms with Crippen molar-refractivity contribution >= 4 is 18.0 Å². The van der Waals surface area contributed by atoms with Crippen molar-refractivity contribution in [1.29, 1.82) is 0 Å². The molecular formula is C11H16N4O2. The number of pyridine rings is 1. The number of amides is 2. The summed E-state index contributed by atoms with van der Waals surface area (Å²) in [5.41, 5.74) is 6.83. The zero-order chi connectivity index (χ0) is 12.5. The van der Waals surface area contributed by atoms with Crippen LogP contribution in [-0.4, -0.2) is 23.8 Å². The summed E-state index contributed by atoms with van der Waals surface area (Å²) in [4.78, 5) is 25.5. The number of nitrogens with one attached hydrogen (secondary N) is 2. The molecule has 92 valence electrons. The Morgan fingerprint density at radius 2 is 2.29 bits per heavy atom. The molecule has 0 fully saturated rings. The van der Waals surface area contributed by atoms with E-state index in [0.29, 0.717) is 38.0 Å². The van der Waals surface area contributed by atoms with Crippen molar-refractivity contribution in [3.63, 3.8) is 0 Å². The van der Waals surface area contributed by atoms with E-state index in [2.05, 4.69) is 15.6 Å². The minimum Gasteiger partial charge on any atom is -0.359 e. The van der Waals surface area contributed by atoms with E-state index >= 15 is 0 Å². The molecule has 0 atom stereocenters. The zero-order valence-corrected chi connectivity index (χ0v) is 9.48. The number of anilines is 1. The maximum atomic E-state index is 11.5. The second-order valence-electron chi connectivity index (χ2n) is 3.47. The second kappa shape index (κ2) is 7.34. The quantitative estimate of drug-likeness (QED) is 0.458. The van der Waals surface area contributed by atoms with Crippen LogP contribution >= 0.6 is 0 Å². The third-order valence-corrected chi connectivity index (χ3v) is 2.13. The molecule has 4 N–H and O–H groups in total. The van der Waals surface area contributed by atoms with E-state index in [1.165, 1.54) is 0 Å². The summed E-state index contributed by atoms with van der Waals surface area (Å²) in [6.07, 6.45) is 3.16. The highest BCUT2D eigenvalue weighted by molar-refractivity contribution is 5.90. The van der Waals surface area contributed by atoms with Crippen molar-refractivity contribution in [3.8, 4) is 0 Å². The number of carbonyl (C=O) groups excluding carboxylic acids is 2. The first kappa shape index (κ1) is 13.1. The molecule has 1 aromatic heterocycles. The lowest BCUT2D eigenvalue weighted by Crippen LogP contribution is -2.17. The molecule has 1 heterocycles. The molecule has 0 spiro atoms. The van der Waals surface area contributed by atoms with Gasteiger partial charge in [0.1, 0.15) is 0 Å². The molecule has 0 aromatic carbocycles. The van der Waals surface area contributed by atoms with Gasteiger partial charge in [-0.3, -0.25) is 14.6 Å². The Balaban J connectivity index is 2.31. The first-order valence-electron chi connectivity index (χ1n) is 5.38. The molecule has 0 aliphatic carbocycles. The van der Waals surface area contributed by atoms with Crippen LogP contribution in [0.15, 0.2) is 18.3 Å². The van der Waals surface area contributed by atoms with Crippen LogP contribution in [-0.2, 0) is 16.1 Å². The number of hydrogen-bond donors (Lipinski definition) is 3. The van der Waals surface area contributed by atoms with Gasteiger partial charge in [0, 0.05) is 19.5 Å².